The summed E-state index contributed by atoms with van der Waals surface area (Å²) in [4.78, 5) is 24.2. The highest BCUT2D eigenvalue weighted by molar-refractivity contribution is 8.13. The normalized spacial score (nSPS) is 10.9. The van der Waals surface area contributed by atoms with Crippen molar-refractivity contribution in [2.24, 2.45) is 5.73 Å². The molecule has 0 aliphatic carbocycles. The van der Waals surface area contributed by atoms with Crippen molar-refractivity contribution in [2.75, 3.05) is 6.54 Å². The number of hydrogen-bond acceptors (Lipinski definition) is 6. The average molecular weight is 490 g/mol. The summed E-state index contributed by atoms with van der Waals surface area (Å²) in [5.74, 6) is 0.993. The van der Waals surface area contributed by atoms with Gasteiger partial charge in [-0.1, -0.05) is 62.4 Å². The lowest BCUT2D eigenvalue weighted by molar-refractivity contribution is 0.210. The van der Waals surface area contributed by atoms with Crippen LogP contribution in [0.15, 0.2) is 59.8 Å². The highest BCUT2D eigenvalue weighted by atomic mass is 32.2. The van der Waals surface area contributed by atoms with Crippen LogP contribution in [0.1, 0.15) is 31.9 Å². The molecule has 8 nitrogen and oxygen atoms in total. The molecule has 0 radical (unpaired) electrons. The minimum absolute atomic E-state index is 0.220. The topological polar surface area (TPSA) is 112 Å². The predicted molar refractivity (Wildman–Crippen MR) is 138 cm³/mol. The quantitative estimate of drug-likeness (QED) is 0.332. The van der Waals surface area contributed by atoms with E-state index < -0.39 is 6.09 Å². The van der Waals surface area contributed by atoms with Crippen LogP contribution in [-0.2, 0) is 12.8 Å². The standard InChI is InChI=1S/C26H27N5O3S/c1-4-16-14-15-20(18(5-2)22(16)34-24(27)32)23-29-30-25(35-26(33)28-6-3)31(23)21-13-9-11-17-10-7-8-12-19(17)21/h7-15H,4-6H2,1-3H3,(H2,27,32)(H,28,33). The van der Waals surface area contributed by atoms with E-state index in [0.717, 1.165) is 44.9 Å². The third kappa shape index (κ3) is 4.85. The fourth-order valence-electron chi connectivity index (χ4n) is 4.14. The maximum absolute atomic E-state index is 12.5. The van der Waals surface area contributed by atoms with Crippen LogP contribution < -0.4 is 15.8 Å². The summed E-state index contributed by atoms with van der Waals surface area (Å²) >= 11 is 0.984. The van der Waals surface area contributed by atoms with Gasteiger partial charge in [0.15, 0.2) is 5.82 Å². The van der Waals surface area contributed by atoms with E-state index in [9.17, 15) is 9.59 Å². The highest BCUT2D eigenvalue weighted by Crippen LogP contribution is 2.38. The SMILES string of the molecule is CCNC(=O)Sc1nnc(-c2ccc(CC)c(OC(N)=O)c2CC)n1-c1cccc2ccccc12. The van der Waals surface area contributed by atoms with E-state index in [0.29, 0.717) is 36.1 Å². The first-order valence-electron chi connectivity index (χ1n) is 11.5. The summed E-state index contributed by atoms with van der Waals surface area (Å²) in [6.45, 7) is 6.34. The fraction of sp³-hybridized carbons (Fsp3) is 0.231. The molecule has 35 heavy (non-hydrogen) atoms. The van der Waals surface area contributed by atoms with Crippen molar-refractivity contribution in [1.29, 1.82) is 0 Å². The number of nitrogens with two attached hydrogens (primary N) is 1. The maximum Gasteiger partial charge on any atom is 0.409 e. The molecule has 0 atom stereocenters. The molecular formula is C26H27N5O3S. The molecule has 0 fully saturated rings. The van der Waals surface area contributed by atoms with Gasteiger partial charge in [-0.3, -0.25) is 9.36 Å². The smallest absolute Gasteiger partial charge is 0.409 e. The molecule has 0 saturated heterocycles. The monoisotopic (exact) mass is 489 g/mol. The Kier molecular flexibility index (Phi) is 7.36. The lowest BCUT2D eigenvalue weighted by Gasteiger charge is -2.18. The summed E-state index contributed by atoms with van der Waals surface area (Å²) in [6, 6.07) is 17.8. The Bertz CT molecular complexity index is 1390. The Morgan fingerprint density at radius 3 is 2.49 bits per heavy atom. The van der Waals surface area contributed by atoms with Gasteiger partial charge in [0.05, 0.1) is 5.69 Å². The number of amides is 2. The van der Waals surface area contributed by atoms with Crippen LogP contribution in [0.5, 0.6) is 5.75 Å². The minimum atomic E-state index is -0.866. The van der Waals surface area contributed by atoms with Gasteiger partial charge in [0.2, 0.25) is 5.16 Å². The van der Waals surface area contributed by atoms with Crippen molar-refractivity contribution in [3.05, 3.63) is 65.7 Å². The van der Waals surface area contributed by atoms with Gasteiger partial charge in [-0.15, -0.1) is 10.2 Å². The van der Waals surface area contributed by atoms with Gasteiger partial charge in [0, 0.05) is 34.8 Å². The molecule has 3 aromatic carbocycles. The van der Waals surface area contributed by atoms with Crippen LogP contribution >= 0.6 is 11.8 Å². The lowest BCUT2D eigenvalue weighted by atomic mass is 9.98. The van der Waals surface area contributed by atoms with Crippen molar-refractivity contribution in [3.63, 3.8) is 0 Å². The minimum Gasteiger partial charge on any atom is -0.410 e. The summed E-state index contributed by atoms with van der Waals surface area (Å²) in [7, 11) is 0. The number of benzene rings is 3. The first kappa shape index (κ1) is 24.3. The van der Waals surface area contributed by atoms with Crippen LogP contribution in [0.25, 0.3) is 27.8 Å². The number of rotatable bonds is 7. The van der Waals surface area contributed by atoms with E-state index in [-0.39, 0.29) is 5.24 Å². The van der Waals surface area contributed by atoms with Gasteiger partial charge >= 0.3 is 6.09 Å². The van der Waals surface area contributed by atoms with Gasteiger partial charge < -0.3 is 15.8 Å². The molecule has 0 unspecified atom stereocenters. The summed E-state index contributed by atoms with van der Waals surface area (Å²) in [6.07, 6.45) is 0.381. The number of nitrogens with one attached hydrogen (secondary N) is 1. The number of nitrogens with zero attached hydrogens (tertiary/aromatic N) is 3. The molecule has 2 amide bonds. The van der Waals surface area contributed by atoms with Gasteiger partial charge in [0.1, 0.15) is 5.75 Å². The maximum atomic E-state index is 12.5. The Morgan fingerprint density at radius 1 is 1.00 bits per heavy atom. The summed E-state index contributed by atoms with van der Waals surface area (Å²) < 4.78 is 7.34. The number of hydrogen-bond donors (Lipinski definition) is 2. The van der Waals surface area contributed by atoms with Crippen LogP contribution in [0, 0.1) is 0 Å². The van der Waals surface area contributed by atoms with E-state index in [1.54, 1.807) is 0 Å². The Balaban J connectivity index is 2.00. The van der Waals surface area contributed by atoms with E-state index in [4.69, 9.17) is 10.5 Å². The third-order valence-corrected chi connectivity index (χ3v) is 6.44. The molecule has 3 N–H and O–H groups in total. The zero-order chi connectivity index (χ0) is 24.9. The van der Waals surface area contributed by atoms with E-state index in [2.05, 4.69) is 15.5 Å². The molecule has 180 valence electrons. The van der Waals surface area contributed by atoms with Crippen LogP contribution in [0.3, 0.4) is 0 Å². The molecule has 0 bridgehead atoms. The number of aromatic nitrogens is 3. The van der Waals surface area contributed by atoms with Crippen LogP contribution in [-0.4, -0.2) is 32.6 Å². The molecular weight excluding hydrogens is 462 g/mol. The Labute approximate surface area is 207 Å². The Hall–Kier alpha value is -3.85. The fourth-order valence-corrected chi connectivity index (χ4v) is 4.88. The molecule has 0 aliphatic rings. The Morgan fingerprint density at radius 2 is 1.77 bits per heavy atom. The molecule has 4 rings (SSSR count). The van der Waals surface area contributed by atoms with Crippen molar-refractivity contribution in [2.45, 2.75) is 38.8 Å². The van der Waals surface area contributed by atoms with E-state index >= 15 is 0 Å². The molecule has 9 heteroatoms. The molecule has 0 aliphatic heterocycles. The number of aryl methyl sites for hydroxylation is 1. The van der Waals surface area contributed by atoms with Crippen molar-refractivity contribution in [3.8, 4) is 22.8 Å². The zero-order valence-corrected chi connectivity index (χ0v) is 20.7. The zero-order valence-electron chi connectivity index (χ0n) is 19.9. The molecule has 4 aromatic rings. The number of ether oxygens (including phenoxy) is 1. The average Bonchev–Trinajstić information content (AvgIpc) is 3.25. The number of thioether (sulfide) groups is 1. The van der Waals surface area contributed by atoms with Crippen molar-refractivity contribution < 1.29 is 14.3 Å². The molecule has 1 aromatic heterocycles. The predicted octanol–water partition coefficient (Wildman–Crippen LogP) is 5.49. The number of carbonyl (C=O) groups excluding carboxylic acids is 2. The third-order valence-electron chi connectivity index (χ3n) is 5.67. The lowest BCUT2D eigenvalue weighted by Crippen LogP contribution is -2.19. The second kappa shape index (κ2) is 10.6. The first-order valence-corrected chi connectivity index (χ1v) is 12.3. The number of primary amides is 1. The largest absolute Gasteiger partial charge is 0.410 e. The second-order valence-corrected chi connectivity index (χ2v) is 8.71. The van der Waals surface area contributed by atoms with Gasteiger partial charge in [-0.05, 0) is 36.8 Å². The van der Waals surface area contributed by atoms with Gasteiger partial charge in [0.25, 0.3) is 5.24 Å². The highest BCUT2D eigenvalue weighted by Gasteiger charge is 2.24. The van der Waals surface area contributed by atoms with Crippen molar-refractivity contribution in [1.82, 2.24) is 20.1 Å². The first-order chi connectivity index (χ1) is 17.0. The van der Waals surface area contributed by atoms with E-state index in [1.165, 1.54) is 0 Å². The molecule has 0 spiro atoms. The van der Waals surface area contributed by atoms with Crippen LogP contribution in [0.4, 0.5) is 9.59 Å². The van der Waals surface area contributed by atoms with E-state index in [1.807, 2.05) is 79.9 Å². The summed E-state index contributed by atoms with van der Waals surface area (Å²) in [5.41, 5.74) is 8.65. The number of carbonyl (C=O) groups is 2. The molecule has 0 saturated carbocycles. The van der Waals surface area contributed by atoms with Gasteiger partial charge in [-0.25, -0.2) is 4.79 Å². The second-order valence-electron chi connectivity index (χ2n) is 7.77. The summed E-state index contributed by atoms with van der Waals surface area (Å²) in [5, 5.41) is 13.9. The van der Waals surface area contributed by atoms with Crippen molar-refractivity contribution >= 4 is 33.9 Å². The number of fused-ring (bicyclic) bond motifs is 1. The van der Waals surface area contributed by atoms with Gasteiger partial charge in [-0.2, -0.15) is 0 Å². The molecule has 1 heterocycles. The van der Waals surface area contributed by atoms with Crippen LogP contribution in [0.2, 0.25) is 0 Å².